The molecule has 3 heterocycles. The SMILES string of the molecule is [O-][N+]1=C2[C@H](c3ccccc3O[C@@H]2C(Cl)(Cl)Cl)[C@@H]2CCCC[C@]2(N2CCOCC2)O1. The average molecular weight is 462 g/mol. The van der Waals surface area contributed by atoms with Gasteiger partial charge in [0.2, 0.25) is 9.90 Å². The van der Waals surface area contributed by atoms with Crippen LogP contribution in [-0.2, 0) is 9.57 Å². The molecule has 0 bridgehead atoms. The summed E-state index contributed by atoms with van der Waals surface area (Å²) in [6.07, 6.45) is 2.80. The highest BCUT2D eigenvalue weighted by Gasteiger charge is 2.62. The molecule has 1 saturated carbocycles. The second-order valence-corrected chi connectivity index (χ2v) is 10.5. The fraction of sp³-hybridized carbons (Fsp3) is 0.650. The van der Waals surface area contributed by atoms with Crippen LogP contribution in [-0.4, -0.2) is 57.4 Å². The molecule has 0 N–H and O–H groups in total. The molecule has 0 amide bonds. The van der Waals surface area contributed by atoms with Gasteiger partial charge >= 0.3 is 0 Å². The maximum atomic E-state index is 13.3. The lowest BCUT2D eigenvalue weighted by Crippen LogP contribution is -2.67. The molecule has 2 fully saturated rings. The van der Waals surface area contributed by atoms with Crippen molar-refractivity contribution in [1.82, 2.24) is 4.90 Å². The average Bonchev–Trinajstić information content (AvgIpc) is 2.73. The Morgan fingerprint density at radius 2 is 1.90 bits per heavy atom. The number of morpholine rings is 1. The summed E-state index contributed by atoms with van der Waals surface area (Å²) in [7, 11) is 0. The third kappa shape index (κ3) is 3.19. The van der Waals surface area contributed by atoms with Crippen molar-refractivity contribution in [2.75, 3.05) is 26.3 Å². The number of halogens is 3. The van der Waals surface area contributed by atoms with Crippen molar-refractivity contribution >= 4 is 40.5 Å². The fourth-order valence-corrected chi connectivity index (χ4v) is 5.97. The Labute approximate surface area is 184 Å². The van der Waals surface area contributed by atoms with Gasteiger partial charge in [-0.2, -0.15) is 0 Å². The van der Waals surface area contributed by atoms with Gasteiger partial charge in [-0.15, -0.1) is 0 Å². The molecular weight excluding hydrogens is 439 g/mol. The number of hydrogen-bond acceptors (Lipinski definition) is 5. The molecule has 1 aliphatic carbocycles. The van der Waals surface area contributed by atoms with Gasteiger partial charge in [-0.25, -0.2) is 0 Å². The Kier molecular flexibility index (Phi) is 5.07. The normalized spacial score (nSPS) is 35.1. The molecule has 158 valence electrons. The Morgan fingerprint density at radius 3 is 2.66 bits per heavy atom. The molecule has 0 radical (unpaired) electrons. The van der Waals surface area contributed by atoms with Crippen LogP contribution in [0, 0.1) is 11.1 Å². The summed E-state index contributed by atoms with van der Waals surface area (Å²) in [5.41, 5.74) is 0.627. The summed E-state index contributed by atoms with van der Waals surface area (Å²) in [6, 6.07) is 7.73. The number of alkyl halides is 3. The first-order valence-electron chi connectivity index (χ1n) is 10.1. The first-order valence-corrected chi connectivity index (χ1v) is 11.2. The van der Waals surface area contributed by atoms with E-state index in [0.29, 0.717) is 29.6 Å². The van der Waals surface area contributed by atoms with Crippen LogP contribution in [0.5, 0.6) is 5.75 Å². The quantitative estimate of drug-likeness (QED) is 0.467. The van der Waals surface area contributed by atoms with Crippen LogP contribution in [0.2, 0.25) is 0 Å². The molecule has 1 aromatic carbocycles. The van der Waals surface area contributed by atoms with E-state index in [1.54, 1.807) is 0 Å². The van der Waals surface area contributed by atoms with Gasteiger partial charge in [-0.05, 0) is 18.9 Å². The van der Waals surface area contributed by atoms with Crippen LogP contribution >= 0.6 is 34.8 Å². The van der Waals surface area contributed by atoms with E-state index in [1.807, 2.05) is 24.3 Å². The zero-order chi connectivity index (χ0) is 20.2. The summed E-state index contributed by atoms with van der Waals surface area (Å²) < 4.78 is 9.77. The molecule has 1 saturated heterocycles. The van der Waals surface area contributed by atoms with Crippen molar-refractivity contribution in [2.24, 2.45) is 5.92 Å². The van der Waals surface area contributed by atoms with Crippen LogP contribution in [0.15, 0.2) is 24.3 Å². The summed E-state index contributed by atoms with van der Waals surface area (Å²) in [5.74, 6) is 0.499. The van der Waals surface area contributed by atoms with Gasteiger partial charge < -0.3 is 14.3 Å². The lowest BCUT2D eigenvalue weighted by Gasteiger charge is -2.57. The standard InChI is InChI=1S/C20H23Cl3N2O4/c21-20(22,23)18-17-16(13-5-1-2-7-15(13)28-18)14-6-3-4-8-19(14,29-25(17)26)24-9-11-27-12-10-24/h1-2,5,7,14,16,18H,3-4,6,8-12H2/t14-,16+,18-,19-/m0/s1. The number of benzene rings is 1. The summed E-state index contributed by atoms with van der Waals surface area (Å²) in [5, 5.41) is 13.3. The van der Waals surface area contributed by atoms with Crippen molar-refractivity contribution in [3.63, 3.8) is 0 Å². The molecule has 4 aliphatic rings. The number of hydrogen-bond donors (Lipinski definition) is 0. The van der Waals surface area contributed by atoms with Crippen molar-refractivity contribution in [2.45, 2.75) is 47.2 Å². The van der Waals surface area contributed by atoms with E-state index in [0.717, 1.165) is 44.3 Å². The van der Waals surface area contributed by atoms with E-state index in [1.165, 1.54) is 0 Å². The second-order valence-electron chi connectivity index (χ2n) is 8.12. The van der Waals surface area contributed by atoms with Crippen LogP contribution in [0.1, 0.15) is 37.2 Å². The van der Waals surface area contributed by atoms with Gasteiger partial charge in [0.1, 0.15) is 11.5 Å². The summed E-state index contributed by atoms with van der Waals surface area (Å²) in [4.78, 5) is 9.05. The van der Waals surface area contributed by atoms with Crippen LogP contribution in [0.4, 0.5) is 0 Å². The minimum Gasteiger partial charge on any atom is -0.475 e. The smallest absolute Gasteiger partial charge is 0.274 e. The van der Waals surface area contributed by atoms with Crippen molar-refractivity contribution in [3.8, 4) is 5.75 Å². The molecule has 0 aromatic heterocycles. The number of rotatable bonds is 1. The topological polar surface area (TPSA) is 57.0 Å². The predicted octanol–water partition coefficient (Wildman–Crippen LogP) is 4.02. The van der Waals surface area contributed by atoms with Crippen LogP contribution < -0.4 is 4.74 Å². The molecule has 4 atom stereocenters. The van der Waals surface area contributed by atoms with Gasteiger partial charge in [0.25, 0.3) is 5.71 Å². The van der Waals surface area contributed by atoms with E-state index in [4.69, 9.17) is 49.1 Å². The lowest BCUT2D eigenvalue weighted by molar-refractivity contribution is -0.787. The third-order valence-corrected chi connectivity index (χ3v) is 7.26. The highest BCUT2D eigenvalue weighted by Crippen LogP contribution is 2.55. The molecular formula is C20H23Cl3N2O4. The third-order valence-electron chi connectivity index (χ3n) is 6.66. The van der Waals surface area contributed by atoms with Gasteiger partial charge in [0.05, 0.1) is 19.1 Å². The second kappa shape index (κ2) is 7.34. The molecule has 1 aromatic rings. The van der Waals surface area contributed by atoms with E-state index >= 15 is 0 Å². The largest absolute Gasteiger partial charge is 0.475 e. The van der Waals surface area contributed by atoms with Crippen molar-refractivity contribution in [1.29, 1.82) is 0 Å². The minimum atomic E-state index is -1.79. The van der Waals surface area contributed by atoms with Gasteiger partial charge in [0, 0.05) is 29.5 Å². The van der Waals surface area contributed by atoms with E-state index in [2.05, 4.69) is 4.90 Å². The van der Waals surface area contributed by atoms with Gasteiger partial charge in [-0.3, -0.25) is 10.1 Å². The van der Waals surface area contributed by atoms with Gasteiger partial charge in [0.15, 0.2) is 0 Å². The molecule has 5 rings (SSSR count). The Hall–Kier alpha value is -0.920. The van der Waals surface area contributed by atoms with E-state index in [9.17, 15) is 5.21 Å². The number of fused-ring (bicyclic) bond motifs is 5. The highest BCUT2D eigenvalue weighted by atomic mass is 35.6. The molecule has 9 heteroatoms. The van der Waals surface area contributed by atoms with Crippen LogP contribution in [0.3, 0.4) is 0 Å². The van der Waals surface area contributed by atoms with E-state index in [-0.39, 0.29) is 11.8 Å². The molecule has 3 aliphatic heterocycles. The Bertz CT molecular complexity index is 824. The maximum absolute atomic E-state index is 13.3. The highest BCUT2D eigenvalue weighted by molar-refractivity contribution is 6.69. The lowest BCUT2D eigenvalue weighted by atomic mass is 9.66. The van der Waals surface area contributed by atoms with E-state index < -0.39 is 15.6 Å². The molecule has 0 unspecified atom stereocenters. The zero-order valence-corrected chi connectivity index (χ0v) is 18.1. The van der Waals surface area contributed by atoms with Crippen molar-refractivity contribution < 1.29 is 19.2 Å². The monoisotopic (exact) mass is 460 g/mol. The van der Waals surface area contributed by atoms with Crippen LogP contribution in [0.25, 0.3) is 0 Å². The predicted molar refractivity (Wildman–Crippen MR) is 111 cm³/mol. The first kappa shape index (κ1) is 20.0. The molecule has 29 heavy (non-hydrogen) atoms. The fourth-order valence-electron chi connectivity index (χ4n) is 5.50. The Balaban J connectivity index is 1.68. The number of ether oxygens (including phenoxy) is 2. The maximum Gasteiger partial charge on any atom is 0.274 e. The number of nitrogens with zero attached hydrogens (tertiary/aromatic N) is 2. The molecule has 0 spiro atoms. The minimum absolute atomic E-state index is 0.0643. The van der Waals surface area contributed by atoms with Gasteiger partial charge in [-0.1, -0.05) is 65.8 Å². The summed E-state index contributed by atoms with van der Waals surface area (Å²) >= 11 is 18.8. The molecule has 6 nitrogen and oxygen atoms in total. The first-order chi connectivity index (χ1) is 13.9. The number of para-hydroxylation sites is 1. The Morgan fingerprint density at radius 1 is 1.14 bits per heavy atom. The van der Waals surface area contributed by atoms with Crippen molar-refractivity contribution in [3.05, 3.63) is 35.0 Å². The summed E-state index contributed by atoms with van der Waals surface area (Å²) in [6.45, 7) is 2.74. The zero-order valence-electron chi connectivity index (χ0n) is 15.9.